The molecular weight excluding hydrogens is 387 g/mol. The summed E-state index contributed by atoms with van der Waals surface area (Å²) in [6.45, 7) is 1.96. The minimum atomic E-state index is -0.629. The number of thioether (sulfide) groups is 1. The first-order chi connectivity index (χ1) is 12.9. The Balaban J connectivity index is 2.06. The number of likely N-dealkylation sites (N-methyl/N-ethyl adjacent to an activating group) is 1. The maximum absolute atomic E-state index is 13.7. The molecule has 27 heavy (non-hydrogen) atoms. The van der Waals surface area contributed by atoms with Crippen molar-refractivity contribution in [1.82, 2.24) is 10.2 Å². The molecule has 1 atom stereocenters. The highest BCUT2D eigenvalue weighted by atomic mass is 35.5. The number of amides is 2. The molecule has 2 amide bonds. The van der Waals surface area contributed by atoms with Crippen molar-refractivity contribution >= 4 is 35.2 Å². The number of benzene rings is 2. The van der Waals surface area contributed by atoms with E-state index in [2.05, 4.69) is 5.32 Å². The summed E-state index contributed by atoms with van der Waals surface area (Å²) in [6, 6.07) is 13.0. The SMILES string of the molecule is CNC(=O)[C@@H](C)N(Cc1cccc(Cl)c1)C(=O)CSCc1ccccc1F. The van der Waals surface area contributed by atoms with E-state index in [0.717, 1.165) is 5.56 Å². The summed E-state index contributed by atoms with van der Waals surface area (Å²) >= 11 is 7.34. The predicted molar refractivity (Wildman–Crippen MR) is 108 cm³/mol. The number of halogens is 2. The molecule has 7 heteroatoms. The van der Waals surface area contributed by atoms with E-state index in [4.69, 9.17) is 11.6 Å². The van der Waals surface area contributed by atoms with Crippen molar-refractivity contribution in [3.8, 4) is 0 Å². The lowest BCUT2D eigenvalue weighted by Crippen LogP contribution is -2.47. The zero-order valence-corrected chi connectivity index (χ0v) is 16.8. The normalized spacial score (nSPS) is 11.7. The van der Waals surface area contributed by atoms with Gasteiger partial charge < -0.3 is 10.2 Å². The van der Waals surface area contributed by atoms with Crippen molar-refractivity contribution in [3.05, 3.63) is 70.5 Å². The molecule has 0 unspecified atom stereocenters. The van der Waals surface area contributed by atoms with Gasteiger partial charge in [-0.3, -0.25) is 9.59 Å². The topological polar surface area (TPSA) is 49.4 Å². The summed E-state index contributed by atoms with van der Waals surface area (Å²) in [5.41, 5.74) is 1.39. The number of hydrogen-bond donors (Lipinski definition) is 1. The number of nitrogens with zero attached hydrogens (tertiary/aromatic N) is 1. The van der Waals surface area contributed by atoms with E-state index < -0.39 is 6.04 Å². The first kappa shape index (κ1) is 21.3. The fourth-order valence-electron chi connectivity index (χ4n) is 2.57. The van der Waals surface area contributed by atoms with Gasteiger partial charge >= 0.3 is 0 Å². The van der Waals surface area contributed by atoms with Crippen LogP contribution in [0.2, 0.25) is 5.02 Å². The van der Waals surface area contributed by atoms with Crippen LogP contribution in [0.5, 0.6) is 0 Å². The second kappa shape index (κ2) is 10.3. The molecule has 0 aromatic heterocycles. The smallest absolute Gasteiger partial charge is 0.242 e. The van der Waals surface area contributed by atoms with Crippen molar-refractivity contribution in [2.24, 2.45) is 0 Å². The van der Waals surface area contributed by atoms with Gasteiger partial charge in [-0.2, -0.15) is 0 Å². The molecule has 0 fully saturated rings. The fraction of sp³-hybridized carbons (Fsp3) is 0.300. The fourth-order valence-corrected chi connectivity index (χ4v) is 3.68. The van der Waals surface area contributed by atoms with Crippen LogP contribution in [-0.2, 0) is 21.9 Å². The Kier molecular flexibility index (Phi) is 8.13. The summed E-state index contributed by atoms with van der Waals surface area (Å²) in [7, 11) is 1.54. The van der Waals surface area contributed by atoms with Gasteiger partial charge in [0, 0.05) is 24.4 Å². The van der Waals surface area contributed by atoms with Gasteiger partial charge in [0.05, 0.1) is 5.75 Å². The van der Waals surface area contributed by atoms with E-state index in [9.17, 15) is 14.0 Å². The maximum Gasteiger partial charge on any atom is 0.242 e. The molecule has 2 rings (SSSR count). The molecule has 2 aromatic rings. The van der Waals surface area contributed by atoms with Gasteiger partial charge in [-0.25, -0.2) is 4.39 Å². The summed E-state index contributed by atoms with van der Waals surface area (Å²) in [5.74, 6) is -0.183. The van der Waals surface area contributed by atoms with E-state index in [1.54, 1.807) is 43.3 Å². The minimum Gasteiger partial charge on any atom is -0.357 e. The average Bonchev–Trinajstić information content (AvgIpc) is 2.66. The monoisotopic (exact) mass is 408 g/mol. The second-order valence-electron chi connectivity index (χ2n) is 6.03. The zero-order chi connectivity index (χ0) is 19.8. The Hall–Kier alpha value is -2.05. The van der Waals surface area contributed by atoms with E-state index in [0.29, 0.717) is 16.3 Å². The average molecular weight is 409 g/mol. The number of rotatable bonds is 8. The quantitative estimate of drug-likeness (QED) is 0.721. The third-order valence-corrected chi connectivity index (χ3v) is 5.30. The van der Waals surface area contributed by atoms with Gasteiger partial charge in [0.15, 0.2) is 0 Å². The van der Waals surface area contributed by atoms with Crippen molar-refractivity contribution < 1.29 is 14.0 Å². The van der Waals surface area contributed by atoms with Crippen LogP contribution in [0.25, 0.3) is 0 Å². The van der Waals surface area contributed by atoms with Crippen LogP contribution in [-0.4, -0.2) is 35.6 Å². The number of carbonyl (C=O) groups excluding carboxylic acids is 2. The van der Waals surface area contributed by atoms with E-state index in [1.165, 1.54) is 29.8 Å². The molecular formula is C20H22ClFN2O2S. The van der Waals surface area contributed by atoms with Crippen LogP contribution in [0.3, 0.4) is 0 Å². The second-order valence-corrected chi connectivity index (χ2v) is 7.45. The summed E-state index contributed by atoms with van der Waals surface area (Å²) in [4.78, 5) is 26.3. The van der Waals surface area contributed by atoms with Gasteiger partial charge in [-0.15, -0.1) is 11.8 Å². The molecule has 0 aliphatic carbocycles. The van der Waals surface area contributed by atoms with E-state index in [-0.39, 0.29) is 29.9 Å². The number of hydrogen-bond acceptors (Lipinski definition) is 3. The van der Waals surface area contributed by atoms with Crippen LogP contribution in [0.1, 0.15) is 18.1 Å². The molecule has 1 N–H and O–H groups in total. The van der Waals surface area contributed by atoms with Crippen LogP contribution in [0.4, 0.5) is 4.39 Å². The van der Waals surface area contributed by atoms with Crippen LogP contribution in [0, 0.1) is 5.82 Å². The molecule has 144 valence electrons. The highest BCUT2D eigenvalue weighted by Gasteiger charge is 2.25. The summed E-state index contributed by atoms with van der Waals surface area (Å²) < 4.78 is 13.7. The molecule has 0 saturated heterocycles. The third kappa shape index (κ3) is 6.26. The highest BCUT2D eigenvalue weighted by molar-refractivity contribution is 7.99. The Morgan fingerprint density at radius 1 is 1.22 bits per heavy atom. The zero-order valence-electron chi connectivity index (χ0n) is 15.2. The Morgan fingerprint density at radius 2 is 1.96 bits per heavy atom. The molecule has 0 radical (unpaired) electrons. The highest BCUT2D eigenvalue weighted by Crippen LogP contribution is 2.19. The van der Waals surface area contributed by atoms with Crippen molar-refractivity contribution in [2.75, 3.05) is 12.8 Å². The Bertz CT molecular complexity index is 803. The lowest BCUT2D eigenvalue weighted by Gasteiger charge is -2.28. The predicted octanol–water partition coefficient (Wildman–Crippen LogP) is 3.88. The van der Waals surface area contributed by atoms with Gasteiger partial charge in [0.2, 0.25) is 11.8 Å². The molecule has 0 spiro atoms. The molecule has 0 bridgehead atoms. The van der Waals surface area contributed by atoms with Crippen molar-refractivity contribution in [1.29, 1.82) is 0 Å². The largest absolute Gasteiger partial charge is 0.357 e. The molecule has 0 aliphatic rings. The van der Waals surface area contributed by atoms with Crippen molar-refractivity contribution in [2.45, 2.75) is 25.3 Å². The van der Waals surface area contributed by atoms with E-state index >= 15 is 0 Å². The molecule has 4 nitrogen and oxygen atoms in total. The van der Waals surface area contributed by atoms with Crippen LogP contribution < -0.4 is 5.32 Å². The van der Waals surface area contributed by atoms with E-state index in [1.807, 2.05) is 6.07 Å². The number of nitrogens with one attached hydrogen (secondary N) is 1. The third-order valence-electron chi connectivity index (χ3n) is 4.10. The minimum absolute atomic E-state index is 0.149. The maximum atomic E-state index is 13.7. The lowest BCUT2D eigenvalue weighted by molar-refractivity contribution is -0.138. The van der Waals surface area contributed by atoms with Gasteiger partial charge in [-0.05, 0) is 36.2 Å². The molecule has 0 saturated carbocycles. The van der Waals surface area contributed by atoms with Gasteiger partial charge in [0.25, 0.3) is 0 Å². The molecule has 2 aromatic carbocycles. The lowest BCUT2D eigenvalue weighted by atomic mass is 10.1. The first-order valence-corrected chi connectivity index (χ1v) is 10.0. The molecule has 0 heterocycles. The Morgan fingerprint density at radius 3 is 2.63 bits per heavy atom. The number of carbonyl (C=O) groups is 2. The van der Waals surface area contributed by atoms with Gasteiger partial charge in [-0.1, -0.05) is 41.9 Å². The Labute approximate surface area is 168 Å². The first-order valence-electron chi connectivity index (χ1n) is 8.49. The standard InChI is InChI=1S/C20H22ClFN2O2S/c1-14(20(26)23-2)24(11-15-6-5-8-17(21)10-15)19(25)13-27-12-16-7-3-4-9-18(16)22/h3-10,14H,11-13H2,1-2H3,(H,23,26)/t14-/m1/s1. The van der Waals surface area contributed by atoms with Crippen LogP contribution >= 0.6 is 23.4 Å². The van der Waals surface area contributed by atoms with Gasteiger partial charge in [0.1, 0.15) is 11.9 Å². The van der Waals surface area contributed by atoms with Crippen LogP contribution in [0.15, 0.2) is 48.5 Å². The summed E-state index contributed by atoms with van der Waals surface area (Å²) in [5, 5.41) is 3.14. The summed E-state index contributed by atoms with van der Waals surface area (Å²) in [6.07, 6.45) is 0. The molecule has 0 aliphatic heterocycles. The van der Waals surface area contributed by atoms with Crippen molar-refractivity contribution in [3.63, 3.8) is 0 Å².